The Kier molecular flexibility index (Phi) is 3.90. The first-order valence-electron chi connectivity index (χ1n) is 7.74. The van der Waals surface area contributed by atoms with Crippen LogP contribution in [0.2, 0.25) is 0 Å². The van der Waals surface area contributed by atoms with Gasteiger partial charge in [0.1, 0.15) is 5.60 Å². The van der Waals surface area contributed by atoms with Crippen molar-refractivity contribution >= 4 is 15.9 Å². The van der Waals surface area contributed by atoms with Gasteiger partial charge in [0.2, 0.25) is 0 Å². The Morgan fingerprint density at radius 2 is 2.05 bits per heavy atom. The van der Waals surface area contributed by atoms with Gasteiger partial charge < -0.3 is 14.5 Å². The smallest absolute Gasteiger partial charge is 0.410 e. The van der Waals surface area contributed by atoms with E-state index in [1.807, 2.05) is 0 Å². The highest BCUT2D eigenvalue weighted by molar-refractivity contribution is 7.91. The zero-order valence-corrected chi connectivity index (χ0v) is 13.4. The molecule has 3 aliphatic heterocycles. The maximum absolute atomic E-state index is 11.7. The van der Waals surface area contributed by atoms with Crippen molar-refractivity contribution in [1.82, 2.24) is 9.80 Å². The standard InChI is InChI=1S/C14H24N2O4S/c1-15-11-14(20-13(15)17)4-6-16(7-5-14)9-12-3-2-8-21(18,19)10-12/h12H,2-11H2,1H3. The highest BCUT2D eigenvalue weighted by Crippen LogP contribution is 2.33. The van der Waals surface area contributed by atoms with E-state index >= 15 is 0 Å². The van der Waals surface area contributed by atoms with Crippen LogP contribution in [0.5, 0.6) is 0 Å². The average Bonchev–Trinajstić information content (AvgIpc) is 2.67. The third-order valence-electron chi connectivity index (χ3n) is 4.98. The molecule has 0 radical (unpaired) electrons. The number of hydrogen-bond donors (Lipinski definition) is 0. The molecule has 120 valence electrons. The van der Waals surface area contributed by atoms with E-state index in [9.17, 15) is 13.2 Å². The molecule has 21 heavy (non-hydrogen) atoms. The van der Waals surface area contributed by atoms with Gasteiger partial charge in [-0.1, -0.05) is 0 Å². The van der Waals surface area contributed by atoms with Gasteiger partial charge in [0.25, 0.3) is 0 Å². The molecule has 0 aromatic carbocycles. The number of likely N-dealkylation sites (tertiary alicyclic amines) is 1. The minimum atomic E-state index is -2.82. The number of ether oxygens (including phenoxy) is 1. The molecule has 3 rings (SSSR count). The molecule has 7 heteroatoms. The average molecular weight is 316 g/mol. The highest BCUT2D eigenvalue weighted by atomic mass is 32.2. The first-order chi connectivity index (χ1) is 9.88. The number of hydrogen-bond acceptors (Lipinski definition) is 5. The quantitative estimate of drug-likeness (QED) is 0.751. The van der Waals surface area contributed by atoms with Crippen molar-refractivity contribution in [3.05, 3.63) is 0 Å². The number of carbonyl (C=O) groups excluding carboxylic acids is 1. The van der Waals surface area contributed by atoms with Crippen LogP contribution in [0.15, 0.2) is 0 Å². The summed E-state index contributed by atoms with van der Waals surface area (Å²) < 4.78 is 28.9. The Morgan fingerprint density at radius 1 is 1.33 bits per heavy atom. The van der Waals surface area contributed by atoms with E-state index in [4.69, 9.17) is 4.74 Å². The second-order valence-electron chi connectivity index (χ2n) is 6.83. The lowest BCUT2D eigenvalue weighted by molar-refractivity contribution is -0.00235. The summed E-state index contributed by atoms with van der Waals surface area (Å²) in [5.41, 5.74) is -0.305. The van der Waals surface area contributed by atoms with Crippen molar-refractivity contribution in [2.45, 2.75) is 31.3 Å². The molecule has 0 aromatic heterocycles. The summed E-state index contributed by atoms with van der Waals surface area (Å²) in [6, 6.07) is 0. The van der Waals surface area contributed by atoms with Gasteiger partial charge in [-0.2, -0.15) is 0 Å². The number of piperidine rings is 1. The van der Waals surface area contributed by atoms with Crippen molar-refractivity contribution in [1.29, 1.82) is 0 Å². The van der Waals surface area contributed by atoms with Gasteiger partial charge in [-0.25, -0.2) is 13.2 Å². The van der Waals surface area contributed by atoms with Gasteiger partial charge in [-0.05, 0) is 18.8 Å². The molecule has 3 saturated heterocycles. The molecule has 0 saturated carbocycles. The lowest BCUT2D eigenvalue weighted by atomic mass is 9.90. The molecule has 3 fully saturated rings. The third kappa shape index (κ3) is 3.34. The van der Waals surface area contributed by atoms with Crippen molar-refractivity contribution in [2.24, 2.45) is 5.92 Å². The summed E-state index contributed by atoms with van der Waals surface area (Å²) in [6.45, 7) is 3.31. The fraction of sp³-hybridized carbons (Fsp3) is 0.929. The molecule has 1 amide bonds. The second-order valence-corrected chi connectivity index (χ2v) is 9.06. The van der Waals surface area contributed by atoms with E-state index < -0.39 is 9.84 Å². The largest absolute Gasteiger partial charge is 0.441 e. The summed E-state index contributed by atoms with van der Waals surface area (Å²) >= 11 is 0. The highest BCUT2D eigenvalue weighted by Gasteiger charge is 2.45. The van der Waals surface area contributed by atoms with Crippen LogP contribution >= 0.6 is 0 Å². The van der Waals surface area contributed by atoms with Gasteiger partial charge >= 0.3 is 6.09 Å². The van der Waals surface area contributed by atoms with Crippen LogP contribution in [0.4, 0.5) is 4.79 Å². The van der Waals surface area contributed by atoms with E-state index in [-0.39, 0.29) is 17.6 Å². The lowest BCUT2D eigenvalue weighted by Gasteiger charge is -2.39. The monoisotopic (exact) mass is 316 g/mol. The van der Waals surface area contributed by atoms with Crippen LogP contribution in [0, 0.1) is 5.92 Å². The molecule has 0 aliphatic carbocycles. The molecule has 1 unspecified atom stereocenters. The van der Waals surface area contributed by atoms with E-state index in [1.165, 1.54) is 0 Å². The minimum Gasteiger partial charge on any atom is -0.441 e. The maximum atomic E-state index is 11.7. The fourth-order valence-corrected chi connectivity index (χ4v) is 5.59. The summed E-state index contributed by atoms with van der Waals surface area (Å²) in [7, 11) is -1.05. The number of nitrogens with zero attached hydrogens (tertiary/aromatic N) is 2. The predicted octanol–water partition coefficient (Wildman–Crippen LogP) is 0.728. The second kappa shape index (κ2) is 5.43. The van der Waals surface area contributed by atoms with Crippen LogP contribution in [0.3, 0.4) is 0 Å². The number of amides is 1. The normalized spacial score (nSPS) is 32.3. The van der Waals surface area contributed by atoms with Crippen LogP contribution < -0.4 is 0 Å². The molecule has 0 aromatic rings. The van der Waals surface area contributed by atoms with Crippen molar-refractivity contribution in [3.63, 3.8) is 0 Å². The number of carbonyl (C=O) groups is 1. The first kappa shape index (κ1) is 15.1. The molecular weight excluding hydrogens is 292 g/mol. The topological polar surface area (TPSA) is 66.9 Å². The van der Waals surface area contributed by atoms with Gasteiger partial charge in [0, 0.05) is 39.5 Å². The number of rotatable bonds is 2. The van der Waals surface area contributed by atoms with Gasteiger partial charge in [-0.15, -0.1) is 0 Å². The summed E-state index contributed by atoms with van der Waals surface area (Å²) in [6.07, 6.45) is 3.29. The SMILES string of the molecule is CN1CC2(CCN(CC3CCCS(=O)(=O)C3)CC2)OC1=O. The van der Waals surface area contributed by atoms with Crippen LogP contribution in [0.1, 0.15) is 25.7 Å². The summed E-state index contributed by atoms with van der Waals surface area (Å²) in [4.78, 5) is 15.5. The fourth-order valence-electron chi connectivity index (χ4n) is 3.82. The summed E-state index contributed by atoms with van der Waals surface area (Å²) in [5.74, 6) is 0.966. The van der Waals surface area contributed by atoms with E-state index in [2.05, 4.69) is 4.90 Å². The van der Waals surface area contributed by atoms with Gasteiger partial charge in [0.05, 0.1) is 18.1 Å². The lowest BCUT2D eigenvalue weighted by Crippen LogP contribution is -2.48. The van der Waals surface area contributed by atoms with Crippen LogP contribution in [0.25, 0.3) is 0 Å². The Hall–Kier alpha value is -0.820. The molecule has 6 nitrogen and oxygen atoms in total. The molecule has 0 N–H and O–H groups in total. The van der Waals surface area contributed by atoms with Crippen LogP contribution in [-0.4, -0.2) is 74.6 Å². The zero-order chi connectivity index (χ0) is 15.1. The van der Waals surface area contributed by atoms with E-state index in [1.54, 1.807) is 11.9 Å². The van der Waals surface area contributed by atoms with E-state index in [0.717, 1.165) is 45.3 Å². The number of likely N-dealkylation sites (N-methyl/N-ethyl adjacent to an activating group) is 1. The molecule has 3 aliphatic rings. The van der Waals surface area contributed by atoms with Crippen LogP contribution in [-0.2, 0) is 14.6 Å². The molecular formula is C14H24N2O4S. The Morgan fingerprint density at radius 3 is 2.62 bits per heavy atom. The molecule has 1 spiro atoms. The maximum Gasteiger partial charge on any atom is 0.410 e. The van der Waals surface area contributed by atoms with Gasteiger partial charge in [-0.3, -0.25) is 0 Å². The Balaban J connectivity index is 1.51. The zero-order valence-electron chi connectivity index (χ0n) is 12.6. The van der Waals surface area contributed by atoms with E-state index in [0.29, 0.717) is 18.1 Å². The number of sulfone groups is 1. The third-order valence-corrected chi connectivity index (χ3v) is 6.87. The van der Waals surface area contributed by atoms with Crippen molar-refractivity contribution in [2.75, 3.05) is 44.7 Å². The Bertz CT molecular complexity index is 511. The molecule has 3 heterocycles. The summed E-state index contributed by atoms with van der Waals surface area (Å²) in [5, 5.41) is 0. The molecule has 1 atom stereocenters. The minimum absolute atomic E-state index is 0.221. The van der Waals surface area contributed by atoms with Crippen molar-refractivity contribution in [3.8, 4) is 0 Å². The first-order valence-corrected chi connectivity index (χ1v) is 9.57. The molecule has 0 bridgehead atoms. The Labute approximate surface area is 126 Å². The predicted molar refractivity (Wildman–Crippen MR) is 78.9 cm³/mol. The van der Waals surface area contributed by atoms with Crippen molar-refractivity contribution < 1.29 is 17.9 Å². The van der Waals surface area contributed by atoms with Gasteiger partial charge in [0.15, 0.2) is 9.84 Å².